The van der Waals surface area contributed by atoms with E-state index in [2.05, 4.69) is 12.2 Å². The Morgan fingerprint density at radius 3 is 1.77 bits per heavy atom. The highest BCUT2D eigenvalue weighted by molar-refractivity contribution is 6.33. The van der Waals surface area contributed by atoms with E-state index in [0.29, 0.717) is 23.6 Å². The first kappa shape index (κ1) is 31.5. The van der Waals surface area contributed by atoms with Gasteiger partial charge in [0.1, 0.15) is 6.04 Å². The highest BCUT2D eigenvalue weighted by atomic mass is 35.5. The van der Waals surface area contributed by atoms with E-state index in [1.807, 2.05) is 13.8 Å². The number of unbranched alkanes of at least 4 members (excludes halogenated alkanes) is 14. The standard InChI is InChI=1S/C30H50ClNO3/c1-4-5-6-7-8-9-10-11-12-13-14-15-16-17-20-23-35-30(34)28(24-25(2)3)32-29(33)26-21-18-19-22-27(26)31/h18-19,21-22,25,28H,4-17,20,23-24H2,1-3H3,(H,32,33). The fourth-order valence-electron chi connectivity index (χ4n) is 4.31. The zero-order valence-corrected chi connectivity index (χ0v) is 23.3. The van der Waals surface area contributed by atoms with Gasteiger partial charge in [-0.2, -0.15) is 0 Å². The number of carbonyl (C=O) groups excluding carboxylic acids is 2. The molecule has 0 saturated heterocycles. The fraction of sp³-hybridized carbons (Fsp3) is 0.733. The number of rotatable bonds is 21. The zero-order valence-electron chi connectivity index (χ0n) is 22.6. The van der Waals surface area contributed by atoms with Crippen molar-refractivity contribution in [1.82, 2.24) is 5.32 Å². The topological polar surface area (TPSA) is 55.4 Å². The first-order chi connectivity index (χ1) is 17.0. The molecule has 0 fully saturated rings. The molecule has 200 valence electrons. The monoisotopic (exact) mass is 507 g/mol. The van der Waals surface area contributed by atoms with Crippen LogP contribution in [-0.2, 0) is 9.53 Å². The molecule has 0 aromatic heterocycles. The van der Waals surface area contributed by atoms with Crippen LogP contribution < -0.4 is 5.32 Å². The number of nitrogens with one attached hydrogen (secondary N) is 1. The van der Waals surface area contributed by atoms with Gasteiger partial charge in [-0.15, -0.1) is 0 Å². The molecule has 0 radical (unpaired) electrons. The van der Waals surface area contributed by atoms with Gasteiger partial charge in [0.25, 0.3) is 5.91 Å². The Hall–Kier alpha value is -1.55. The van der Waals surface area contributed by atoms with Gasteiger partial charge in [-0.3, -0.25) is 4.79 Å². The van der Waals surface area contributed by atoms with Crippen molar-refractivity contribution in [3.8, 4) is 0 Å². The Bertz CT molecular complexity index is 692. The number of hydrogen-bond acceptors (Lipinski definition) is 3. The molecule has 35 heavy (non-hydrogen) atoms. The minimum Gasteiger partial charge on any atom is -0.464 e. The molecular formula is C30H50ClNO3. The Morgan fingerprint density at radius 1 is 0.800 bits per heavy atom. The maximum Gasteiger partial charge on any atom is 0.328 e. The van der Waals surface area contributed by atoms with E-state index < -0.39 is 6.04 Å². The molecule has 1 atom stereocenters. The van der Waals surface area contributed by atoms with Crippen molar-refractivity contribution >= 4 is 23.5 Å². The fourth-order valence-corrected chi connectivity index (χ4v) is 4.54. The van der Waals surface area contributed by atoms with Crippen LogP contribution in [0.5, 0.6) is 0 Å². The normalized spacial score (nSPS) is 12.0. The second-order valence-corrected chi connectivity index (χ2v) is 10.7. The van der Waals surface area contributed by atoms with Crippen LogP contribution in [0.4, 0.5) is 0 Å². The molecular weight excluding hydrogens is 458 g/mol. The van der Waals surface area contributed by atoms with Crippen molar-refractivity contribution in [3.63, 3.8) is 0 Å². The van der Waals surface area contributed by atoms with E-state index in [-0.39, 0.29) is 17.8 Å². The van der Waals surface area contributed by atoms with Gasteiger partial charge < -0.3 is 10.1 Å². The predicted molar refractivity (Wildman–Crippen MR) is 148 cm³/mol. The van der Waals surface area contributed by atoms with E-state index in [1.165, 1.54) is 83.5 Å². The van der Waals surface area contributed by atoms with E-state index in [4.69, 9.17) is 16.3 Å². The van der Waals surface area contributed by atoms with Crippen LogP contribution in [0.15, 0.2) is 24.3 Å². The molecule has 1 aromatic carbocycles. The van der Waals surface area contributed by atoms with Crippen molar-refractivity contribution in [2.45, 2.75) is 130 Å². The molecule has 1 amide bonds. The van der Waals surface area contributed by atoms with Crippen molar-refractivity contribution in [2.24, 2.45) is 5.92 Å². The molecule has 1 rings (SSSR count). The predicted octanol–water partition coefficient (Wildman–Crippen LogP) is 8.90. The van der Waals surface area contributed by atoms with Crippen LogP contribution >= 0.6 is 11.6 Å². The third-order valence-electron chi connectivity index (χ3n) is 6.41. The van der Waals surface area contributed by atoms with Crippen molar-refractivity contribution in [1.29, 1.82) is 0 Å². The number of hydrogen-bond donors (Lipinski definition) is 1. The molecule has 5 heteroatoms. The van der Waals surface area contributed by atoms with Crippen LogP contribution in [0.1, 0.15) is 134 Å². The molecule has 1 unspecified atom stereocenters. The summed E-state index contributed by atoms with van der Waals surface area (Å²) in [6.45, 7) is 6.73. The molecule has 0 spiro atoms. The summed E-state index contributed by atoms with van der Waals surface area (Å²) in [6.07, 6.45) is 20.1. The van der Waals surface area contributed by atoms with Gasteiger partial charge >= 0.3 is 5.97 Å². The maximum atomic E-state index is 12.6. The Kier molecular flexibility index (Phi) is 18.5. The summed E-state index contributed by atoms with van der Waals surface area (Å²) in [5.74, 6) is -0.445. The van der Waals surface area contributed by atoms with Gasteiger partial charge in [-0.05, 0) is 30.9 Å². The summed E-state index contributed by atoms with van der Waals surface area (Å²) in [4.78, 5) is 25.2. The van der Waals surface area contributed by atoms with E-state index >= 15 is 0 Å². The minimum atomic E-state index is -0.657. The number of carbonyl (C=O) groups is 2. The lowest BCUT2D eigenvalue weighted by atomic mass is 10.0. The molecule has 4 nitrogen and oxygen atoms in total. The lowest BCUT2D eigenvalue weighted by Crippen LogP contribution is -2.42. The third-order valence-corrected chi connectivity index (χ3v) is 6.74. The maximum absolute atomic E-state index is 12.6. The first-order valence-corrected chi connectivity index (χ1v) is 14.6. The van der Waals surface area contributed by atoms with Crippen molar-refractivity contribution in [3.05, 3.63) is 34.9 Å². The smallest absolute Gasteiger partial charge is 0.328 e. The summed E-state index contributed by atoms with van der Waals surface area (Å²) < 4.78 is 5.50. The van der Waals surface area contributed by atoms with Gasteiger partial charge in [-0.1, -0.05) is 134 Å². The molecule has 0 aliphatic heterocycles. The lowest BCUT2D eigenvalue weighted by Gasteiger charge is -2.19. The molecule has 0 aliphatic rings. The SMILES string of the molecule is CCCCCCCCCCCCCCCCCOC(=O)C(CC(C)C)NC(=O)c1ccccc1Cl. The molecule has 1 N–H and O–H groups in total. The molecule has 0 aliphatic carbocycles. The average Bonchev–Trinajstić information content (AvgIpc) is 2.83. The number of ether oxygens (including phenoxy) is 1. The minimum absolute atomic E-state index is 0.255. The van der Waals surface area contributed by atoms with E-state index in [0.717, 1.165) is 12.8 Å². The molecule has 0 heterocycles. The summed E-state index contributed by atoms with van der Waals surface area (Å²) >= 11 is 6.12. The summed E-state index contributed by atoms with van der Waals surface area (Å²) in [5, 5.41) is 3.19. The second kappa shape index (κ2) is 20.6. The highest BCUT2D eigenvalue weighted by Gasteiger charge is 2.24. The van der Waals surface area contributed by atoms with Crippen LogP contribution in [0, 0.1) is 5.92 Å². The number of amides is 1. The van der Waals surface area contributed by atoms with Crippen molar-refractivity contribution in [2.75, 3.05) is 6.61 Å². The van der Waals surface area contributed by atoms with Gasteiger partial charge in [0.2, 0.25) is 0 Å². The largest absolute Gasteiger partial charge is 0.464 e. The van der Waals surface area contributed by atoms with Gasteiger partial charge in [0.05, 0.1) is 17.2 Å². The molecule has 1 aromatic rings. The molecule has 0 bridgehead atoms. The quantitative estimate of drug-likeness (QED) is 0.133. The third kappa shape index (κ3) is 15.9. The van der Waals surface area contributed by atoms with Gasteiger partial charge in [0, 0.05) is 0 Å². The van der Waals surface area contributed by atoms with Gasteiger partial charge in [0.15, 0.2) is 0 Å². The number of esters is 1. The van der Waals surface area contributed by atoms with Crippen LogP contribution in [0.3, 0.4) is 0 Å². The summed E-state index contributed by atoms with van der Waals surface area (Å²) in [6, 6.07) is 6.20. The van der Waals surface area contributed by atoms with Crippen LogP contribution in [0.25, 0.3) is 0 Å². The van der Waals surface area contributed by atoms with Gasteiger partial charge in [-0.25, -0.2) is 4.79 Å². The summed E-state index contributed by atoms with van der Waals surface area (Å²) in [5.41, 5.74) is 0.373. The van der Waals surface area contributed by atoms with E-state index in [1.54, 1.807) is 24.3 Å². The van der Waals surface area contributed by atoms with Crippen molar-refractivity contribution < 1.29 is 14.3 Å². The van der Waals surface area contributed by atoms with E-state index in [9.17, 15) is 9.59 Å². The zero-order chi connectivity index (χ0) is 25.7. The second-order valence-electron chi connectivity index (χ2n) is 10.3. The average molecular weight is 508 g/mol. The lowest BCUT2D eigenvalue weighted by molar-refractivity contribution is -0.146. The number of halogens is 1. The Labute approximate surface area is 219 Å². The van der Waals surface area contributed by atoms with Crippen LogP contribution in [-0.4, -0.2) is 24.5 Å². The van der Waals surface area contributed by atoms with Crippen LogP contribution in [0.2, 0.25) is 5.02 Å². The molecule has 0 saturated carbocycles. The highest BCUT2D eigenvalue weighted by Crippen LogP contribution is 2.16. The summed E-state index contributed by atoms with van der Waals surface area (Å²) in [7, 11) is 0. The Balaban J connectivity index is 2.10. The first-order valence-electron chi connectivity index (χ1n) is 14.2. The Morgan fingerprint density at radius 2 is 1.29 bits per heavy atom. The number of benzene rings is 1.